The normalized spacial score (nSPS) is 10.9. The van der Waals surface area contributed by atoms with Gasteiger partial charge in [0.25, 0.3) is 5.56 Å². The highest BCUT2D eigenvalue weighted by Crippen LogP contribution is 2.04. The molecule has 0 bridgehead atoms. The highest BCUT2D eigenvalue weighted by molar-refractivity contribution is 5.76. The lowest BCUT2D eigenvalue weighted by atomic mass is 10.1. The Kier molecular flexibility index (Phi) is 7.35. The molecule has 0 aliphatic heterocycles. The van der Waals surface area contributed by atoms with E-state index in [1.54, 1.807) is 4.90 Å². The van der Waals surface area contributed by atoms with Gasteiger partial charge in [-0.2, -0.15) is 0 Å². The fraction of sp³-hybridized carbons (Fsp3) is 0.421. The molecule has 0 saturated carbocycles. The van der Waals surface area contributed by atoms with Crippen LogP contribution in [0.3, 0.4) is 0 Å². The van der Waals surface area contributed by atoms with E-state index >= 15 is 0 Å². The van der Waals surface area contributed by atoms with Gasteiger partial charge in [-0.15, -0.1) is 0 Å². The summed E-state index contributed by atoms with van der Waals surface area (Å²) >= 11 is 0. The molecule has 0 radical (unpaired) electrons. The van der Waals surface area contributed by atoms with Crippen LogP contribution in [0.4, 0.5) is 0 Å². The fourth-order valence-corrected chi connectivity index (χ4v) is 2.62. The van der Waals surface area contributed by atoms with Crippen LogP contribution in [0.2, 0.25) is 0 Å². The van der Waals surface area contributed by atoms with Gasteiger partial charge in [-0.05, 0) is 32.5 Å². The minimum absolute atomic E-state index is 0.0750. The van der Waals surface area contributed by atoms with E-state index in [9.17, 15) is 14.4 Å². The Morgan fingerprint density at radius 3 is 2.42 bits per heavy atom. The van der Waals surface area contributed by atoms with Crippen molar-refractivity contribution in [2.75, 3.05) is 33.7 Å². The number of hydrogen-bond acceptors (Lipinski definition) is 4. The van der Waals surface area contributed by atoms with Gasteiger partial charge in [-0.25, -0.2) is 4.79 Å². The zero-order chi connectivity index (χ0) is 18.9. The van der Waals surface area contributed by atoms with E-state index in [0.717, 1.165) is 19.4 Å². The van der Waals surface area contributed by atoms with Crippen LogP contribution in [0.25, 0.3) is 0 Å². The van der Waals surface area contributed by atoms with E-state index in [0.29, 0.717) is 13.1 Å². The van der Waals surface area contributed by atoms with E-state index in [1.807, 2.05) is 37.2 Å². The third-order valence-electron chi connectivity index (χ3n) is 4.11. The number of aromatic nitrogens is 2. The topological polar surface area (TPSA) is 78.4 Å². The van der Waals surface area contributed by atoms with Crippen LogP contribution in [0.5, 0.6) is 0 Å². The molecule has 1 heterocycles. The Labute approximate surface area is 152 Å². The second-order valence-corrected chi connectivity index (χ2v) is 6.51. The van der Waals surface area contributed by atoms with E-state index in [4.69, 9.17) is 0 Å². The maximum atomic E-state index is 12.7. The van der Waals surface area contributed by atoms with E-state index in [-0.39, 0.29) is 12.5 Å². The number of aryl methyl sites for hydroxylation is 1. The minimum Gasteiger partial charge on any atom is -0.340 e. The molecular weight excluding hydrogens is 332 g/mol. The van der Waals surface area contributed by atoms with Gasteiger partial charge in [-0.3, -0.25) is 19.1 Å². The number of rotatable bonds is 9. The number of benzene rings is 1. The molecule has 1 aromatic heterocycles. The van der Waals surface area contributed by atoms with Crippen LogP contribution >= 0.6 is 0 Å². The van der Waals surface area contributed by atoms with Crippen molar-refractivity contribution in [2.45, 2.75) is 19.4 Å². The van der Waals surface area contributed by atoms with Gasteiger partial charge in [0.1, 0.15) is 6.54 Å². The van der Waals surface area contributed by atoms with Gasteiger partial charge >= 0.3 is 5.69 Å². The molecule has 140 valence electrons. The zero-order valence-corrected chi connectivity index (χ0v) is 15.4. The lowest BCUT2D eigenvalue weighted by Gasteiger charge is -2.25. The number of nitrogens with zero attached hydrogens (tertiary/aromatic N) is 3. The average Bonchev–Trinajstić information content (AvgIpc) is 2.61. The molecule has 26 heavy (non-hydrogen) atoms. The van der Waals surface area contributed by atoms with Crippen LogP contribution in [0.1, 0.15) is 12.0 Å². The standard InChI is InChI=1S/C19H26N4O3/c1-21(2)13-14-22(11-6-9-16-7-4-3-5-8-16)18(25)15-23-12-10-17(24)20-19(23)26/h3-5,7-8,10,12H,6,9,11,13-15H2,1-2H3,(H,20,24,26). The highest BCUT2D eigenvalue weighted by atomic mass is 16.2. The summed E-state index contributed by atoms with van der Waals surface area (Å²) in [6.07, 6.45) is 3.10. The van der Waals surface area contributed by atoms with Gasteiger partial charge in [0, 0.05) is 31.9 Å². The Hall–Kier alpha value is -2.67. The molecule has 1 aromatic carbocycles. The molecule has 2 rings (SSSR count). The highest BCUT2D eigenvalue weighted by Gasteiger charge is 2.15. The second kappa shape index (κ2) is 9.72. The molecule has 1 N–H and O–H groups in total. The molecule has 7 nitrogen and oxygen atoms in total. The van der Waals surface area contributed by atoms with Gasteiger partial charge in [0.15, 0.2) is 0 Å². The van der Waals surface area contributed by atoms with Crippen molar-refractivity contribution in [2.24, 2.45) is 0 Å². The van der Waals surface area contributed by atoms with Crippen molar-refractivity contribution in [1.29, 1.82) is 0 Å². The fourth-order valence-electron chi connectivity index (χ4n) is 2.62. The van der Waals surface area contributed by atoms with Crippen molar-refractivity contribution in [3.8, 4) is 0 Å². The van der Waals surface area contributed by atoms with Crippen LogP contribution in [0.15, 0.2) is 52.2 Å². The zero-order valence-electron chi connectivity index (χ0n) is 15.4. The lowest BCUT2D eigenvalue weighted by Crippen LogP contribution is -2.41. The van der Waals surface area contributed by atoms with Crippen LogP contribution in [-0.4, -0.2) is 59.0 Å². The largest absolute Gasteiger partial charge is 0.340 e. The number of aromatic amines is 1. The quantitative estimate of drug-likeness (QED) is 0.710. The first-order valence-corrected chi connectivity index (χ1v) is 8.72. The summed E-state index contributed by atoms with van der Waals surface area (Å²) in [5.74, 6) is -0.130. The molecule has 0 fully saturated rings. The lowest BCUT2D eigenvalue weighted by molar-refractivity contribution is -0.132. The number of likely N-dealkylation sites (N-methyl/N-ethyl adjacent to an activating group) is 1. The number of carbonyl (C=O) groups excluding carboxylic acids is 1. The smallest absolute Gasteiger partial charge is 0.328 e. The number of H-pyrrole nitrogens is 1. The molecule has 0 saturated heterocycles. The predicted octanol–water partition coefficient (Wildman–Crippen LogP) is 0.560. The first-order chi connectivity index (χ1) is 12.5. The van der Waals surface area contributed by atoms with Crippen molar-refractivity contribution < 1.29 is 4.79 Å². The Morgan fingerprint density at radius 1 is 1.04 bits per heavy atom. The molecule has 2 aromatic rings. The minimum atomic E-state index is -0.567. The SMILES string of the molecule is CN(C)CCN(CCCc1ccccc1)C(=O)Cn1ccc(=O)[nH]c1=O. The number of hydrogen-bond donors (Lipinski definition) is 1. The maximum absolute atomic E-state index is 12.7. The predicted molar refractivity (Wildman–Crippen MR) is 101 cm³/mol. The molecule has 0 atom stereocenters. The monoisotopic (exact) mass is 358 g/mol. The Morgan fingerprint density at radius 2 is 1.77 bits per heavy atom. The summed E-state index contributed by atoms with van der Waals surface area (Å²) in [5.41, 5.74) is 0.207. The van der Waals surface area contributed by atoms with Gasteiger partial charge in [-0.1, -0.05) is 30.3 Å². The molecule has 0 spiro atoms. The number of amides is 1. The van der Waals surface area contributed by atoms with E-state index in [1.165, 1.54) is 22.4 Å². The van der Waals surface area contributed by atoms with E-state index < -0.39 is 11.2 Å². The van der Waals surface area contributed by atoms with Crippen molar-refractivity contribution >= 4 is 5.91 Å². The number of carbonyl (C=O) groups is 1. The first-order valence-electron chi connectivity index (χ1n) is 8.72. The molecule has 0 aliphatic rings. The third-order valence-corrected chi connectivity index (χ3v) is 4.11. The van der Waals surface area contributed by atoms with Gasteiger partial charge in [0.2, 0.25) is 5.91 Å². The molecule has 1 amide bonds. The molecule has 0 aliphatic carbocycles. The van der Waals surface area contributed by atoms with Crippen molar-refractivity contribution in [3.63, 3.8) is 0 Å². The van der Waals surface area contributed by atoms with Gasteiger partial charge < -0.3 is 9.80 Å². The van der Waals surface area contributed by atoms with Crippen LogP contribution < -0.4 is 11.2 Å². The molecule has 7 heteroatoms. The summed E-state index contributed by atoms with van der Waals surface area (Å²) in [7, 11) is 3.91. The average molecular weight is 358 g/mol. The van der Waals surface area contributed by atoms with E-state index in [2.05, 4.69) is 17.1 Å². The van der Waals surface area contributed by atoms with Gasteiger partial charge in [0.05, 0.1) is 0 Å². The number of nitrogens with one attached hydrogen (secondary N) is 1. The maximum Gasteiger partial charge on any atom is 0.328 e. The van der Waals surface area contributed by atoms with Crippen molar-refractivity contribution in [3.05, 3.63) is 69.0 Å². The molecule has 0 unspecified atom stereocenters. The first kappa shape index (κ1) is 19.7. The summed E-state index contributed by atoms with van der Waals surface area (Å²) in [5, 5.41) is 0. The summed E-state index contributed by atoms with van der Waals surface area (Å²) < 4.78 is 1.23. The Bertz CT molecular complexity index is 811. The summed E-state index contributed by atoms with van der Waals surface area (Å²) in [6.45, 7) is 1.89. The summed E-state index contributed by atoms with van der Waals surface area (Å²) in [6, 6.07) is 11.4. The Balaban J connectivity index is 1.98. The summed E-state index contributed by atoms with van der Waals surface area (Å²) in [4.78, 5) is 41.6. The van der Waals surface area contributed by atoms with Crippen molar-refractivity contribution in [1.82, 2.24) is 19.4 Å². The van der Waals surface area contributed by atoms with Crippen LogP contribution in [-0.2, 0) is 17.8 Å². The third kappa shape index (κ3) is 6.33. The second-order valence-electron chi connectivity index (χ2n) is 6.51. The molecular formula is C19H26N4O3. The van der Waals surface area contributed by atoms with Crippen LogP contribution in [0, 0.1) is 0 Å².